The van der Waals surface area contributed by atoms with E-state index in [1.807, 2.05) is 33.4 Å². The number of halogens is 1. The fourth-order valence-electron chi connectivity index (χ4n) is 3.90. The lowest BCUT2D eigenvalue weighted by Crippen LogP contribution is -2.49. The number of hydrogen-bond acceptors (Lipinski definition) is 4. The topological polar surface area (TPSA) is 53.7 Å². The predicted molar refractivity (Wildman–Crippen MR) is 116 cm³/mol. The van der Waals surface area contributed by atoms with Gasteiger partial charge in [0, 0.05) is 43.9 Å². The van der Waals surface area contributed by atoms with Crippen molar-refractivity contribution in [1.29, 1.82) is 0 Å². The Labute approximate surface area is 176 Å². The lowest BCUT2D eigenvalue weighted by Gasteiger charge is -2.36. The summed E-state index contributed by atoms with van der Waals surface area (Å²) in [6.07, 6.45) is 2.36. The molecule has 1 aliphatic heterocycles. The fourth-order valence-corrected chi connectivity index (χ4v) is 3.90. The first-order valence-electron chi connectivity index (χ1n) is 10.5. The van der Waals surface area contributed by atoms with Crippen LogP contribution in [0.3, 0.4) is 0 Å². The maximum atomic E-state index is 14.1. The third-order valence-corrected chi connectivity index (χ3v) is 5.68. The quantitative estimate of drug-likeness (QED) is 0.662. The molecule has 0 radical (unpaired) electrons. The Morgan fingerprint density at radius 3 is 2.47 bits per heavy atom. The Morgan fingerprint density at radius 2 is 1.83 bits per heavy atom. The molecule has 3 aromatic rings. The van der Waals surface area contributed by atoms with Gasteiger partial charge in [-0.25, -0.2) is 13.9 Å². The van der Waals surface area contributed by atoms with Crippen molar-refractivity contribution in [2.24, 2.45) is 0 Å². The molecule has 0 spiro atoms. The van der Waals surface area contributed by atoms with Crippen molar-refractivity contribution in [3.63, 3.8) is 0 Å². The molecule has 0 N–H and O–H groups in total. The smallest absolute Gasteiger partial charge is 0.257 e. The third kappa shape index (κ3) is 3.64. The number of anilines is 1. The number of carbonyl (C=O) groups is 1. The minimum absolute atomic E-state index is 0.0396. The van der Waals surface area contributed by atoms with Crippen LogP contribution in [-0.4, -0.2) is 51.6 Å². The van der Waals surface area contributed by atoms with Crippen LogP contribution >= 0.6 is 0 Å². The van der Waals surface area contributed by atoms with Gasteiger partial charge in [0.25, 0.3) is 5.91 Å². The Morgan fingerprint density at radius 1 is 1.13 bits per heavy atom. The largest absolute Gasteiger partial charge is 0.366 e. The van der Waals surface area contributed by atoms with E-state index in [1.165, 1.54) is 6.07 Å². The van der Waals surface area contributed by atoms with Gasteiger partial charge in [-0.3, -0.25) is 4.79 Å². The Kier molecular flexibility index (Phi) is 5.22. The second-order valence-corrected chi connectivity index (χ2v) is 8.75. The van der Waals surface area contributed by atoms with Gasteiger partial charge >= 0.3 is 0 Å². The van der Waals surface area contributed by atoms with E-state index >= 15 is 0 Å². The normalized spacial score (nSPS) is 15.1. The summed E-state index contributed by atoms with van der Waals surface area (Å²) in [5, 5.41) is 4.74. The summed E-state index contributed by atoms with van der Waals surface area (Å²) >= 11 is 0. The van der Waals surface area contributed by atoms with Crippen LogP contribution in [-0.2, 0) is 11.8 Å². The monoisotopic (exact) mass is 409 g/mol. The van der Waals surface area contributed by atoms with Gasteiger partial charge in [-0.1, -0.05) is 39.8 Å². The molecule has 0 atom stereocenters. The Balaban J connectivity index is 1.57. The third-order valence-electron chi connectivity index (χ3n) is 5.68. The summed E-state index contributed by atoms with van der Waals surface area (Å²) in [5.74, 6) is -0.268. The van der Waals surface area contributed by atoms with Crippen molar-refractivity contribution >= 4 is 17.2 Å². The van der Waals surface area contributed by atoms with E-state index in [2.05, 4.69) is 25.8 Å². The highest BCUT2D eigenvalue weighted by Gasteiger charge is 2.27. The molecule has 30 heavy (non-hydrogen) atoms. The molecule has 0 saturated carbocycles. The van der Waals surface area contributed by atoms with Crippen LogP contribution in [0.25, 0.3) is 5.65 Å². The van der Waals surface area contributed by atoms with Crippen LogP contribution in [0, 0.1) is 5.82 Å². The molecule has 1 saturated heterocycles. The van der Waals surface area contributed by atoms with Crippen molar-refractivity contribution in [1.82, 2.24) is 19.5 Å². The molecule has 0 aliphatic carbocycles. The van der Waals surface area contributed by atoms with Gasteiger partial charge < -0.3 is 9.80 Å². The van der Waals surface area contributed by atoms with Gasteiger partial charge in [-0.15, -0.1) is 0 Å². The number of aromatic nitrogens is 3. The lowest BCUT2D eigenvalue weighted by atomic mass is 9.93. The zero-order valence-electron chi connectivity index (χ0n) is 18.0. The molecular formula is C23H28FN5O. The van der Waals surface area contributed by atoms with Crippen LogP contribution in [0.2, 0.25) is 0 Å². The number of para-hydroxylation sites is 1. The Bertz CT molecular complexity index is 1080. The number of hydrogen-bond donors (Lipinski definition) is 0. The van der Waals surface area contributed by atoms with Gasteiger partial charge in [0.1, 0.15) is 5.82 Å². The number of carbonyl (C=O) groups excluding carboxylic acids is 1. The fraction of sp³-hybridized carbons (Fsp3) is 0.435. The molecular weight excluding hydrogens is 381 g/mol. The van der Waals surface area contributed by atoms with Crippen LogP contribution in [0.15, 0.2) is 36.5 Å². The second kappa shape index (κ2) is 7.70. The number of benzene rings is 1. The molecule has 4 rings (SSSR count). The van der Waals surface area contributed by atoms with E-state index in [1.54, 1.807) is 18.3 Å². The average molecular weight is 410 g/mol. The maximum absolute atomic E-state index is 14.1. The van der Waals surface area contributed by atoms with E-state index in [4.69, 9.17) is 5.10 Å². The van der Waals surface area contributed by atoms with Gasteiger partial charge in [0.2, 0.25) is 0 Å². The van der Waals surface area contributed by atoms with Crippen molar-refractivity contribution in [3.05, 3.63) is 59.3 Å². The average Bonchev–Trinajstić information content (AvgIpc) is 3.18. The SMILES string of the molecule is CCc1c(C(=O)N2CCN(c3ccccc3F)CC2)cnc2cc(C(C)(C)C)nn12. The first-order chi connectivity index (χ1) is 14.3. The highest BCUT2D eigenvalue weighted by atomic mass is 19.1. The molecule has 0 bridgehead atoms. The van der Waals surface area contributed by atoms with E-state index in [0.29, 0.717) is 43.9 Å². The van der Waals surface area contributed by atoms with Gasteiger partial charge in [-0.05, 0) is 18.6 Å². The molecule has 0 unspecified atom stereocenters. The summed E-state index contributed by atoms with van der Waals surface area (Å²) in [6, 6.07) is 8.76. The predicted octanol–water partition coefficient (Wildman–Crippen LogP) is 3.69. The van der Waals surface area contributed by atoms with Crippen LogP contribution in [0.4, 0.5) is 10.1 Å². The summed E-state index contributed by atoms with van der Waals surface area (Å²) in [7, 11) is 0. The zero-order chi connectivity index (χ0) is 21.5. The first kappa shape index (κ1) is 20.3. The van der Waals surface area contributed by atoms with Gasteiger partial charge in [0.15, 0.2) is 5.65 Å². The van der Waals surface area contributed by atoms with Crippen LogP contribution in [0.5, 0.6) is 0 Å². The molecule has 1 aliphatic rings. The minimum Gasteiger partial charge on any atom is -0.366 e. The summed E-state index contributed by atoms with van der Waals surface area (Å²) in [4.78, 5) is 21.6. The van der Waals surface area contributed by atoms with Gasteiger partial charge in [-0.2, -0.15) is 5.10 Å². The number of fused-ring (bicyclic) bond motifs is 1. The maximum Gasteiger partial charge on any atom is 0.257 e. The van der Waals surface area contributed by atoms with Crippen molar-refractivity contribution in [3.8, 4) is 0 Å². The standard InChI is InChI=1S/C23H28FN5O/c1-5-18-16(15-25-21-14-20(23(2,3)4)26-29(18)21)22(30)28-12-10-27(11-13-28)19-9-7-6-8-17(19)24/h6-9,14-15H,5,10-13H2,1-4H3. The molecule has 1 amide bonds. The molecule has 6 nitrogen and oxygen atoms in total. The van der Waals surface area contributed by atoms with Crippen LogP contribution < -0.4 is 4.90 Å². The van der Waals surface area contributed by atoms with Gasteiger partial charge in [0.05, 0.1) is 22.6 Å². The summed E-state index contributed by atoms with van der Waals surface area (Å²) < 4.78 is 15.9. The van der Waals surface area contributed by atoms with Crippen molar-refractivity contribution < 1.29 is 9.18 Å². The highest BCUT2D eigenvalue weighted by molar-refractivity contribution is 5.95. The second-order valence-electron chi connectivity index (χ2n) is 8.75. The number of amides is 1. The number of nitrogens with zero attached hydrogens (tertiary/aromatic N) is 5. The summed E-state index contributed by atoms with van der Waals surface area (Å²) in [5.41, 5.74) is 3.68. The molecule has 2 aromatic heterocycles. The summed E-state index contributed by atoms with van der Waals surface area (Å²) in [6.45, 7) is 10.6. The highest BCUT2D eigenvalue weighted by Crippen LogP contribution is 2.24. The van der Waals surface area contributed by atoms with Crippen molar-refractivity contribution in [2.45, 2.75) is 39.5 Å². The molecule has 7 heteroatoms. The number of aryl methyl sites for hydroxylation is 1. The van der Waals surface area contributed by atoms with E-state index < -0.39 is 0 Å². The minimum atomic E-state index is -0.228. The molecule has 1 fully saturated rings. The first-order valence-corrected chi connectivity index (χ1v) is 10.5. The van der Waals surface area contributed by atoms with Crippen LogP contribution in [0.1, 0.15) is 49.4 Å². The molecule has 158 valence electrons. The Hall–Kier alpha value is -2.96. The number of rotatable bonds is 3. The van der Waals surface area contributed by atoms with Crippen molar-refractivity contribution in [2.75, 3.05) is 31.1 Å². The number of piperazine rings is 1. The zero-order valence-corrected chi connectivity index (χ0v) is 18.0. The van der Waals surface area contributed by atoms with E-state index in [-0.39, 0.29) is 17.1 Å². The molecule has 1 aromatic carbocycles. The molecule has 3 heterocycles. The lowest BCUT2D eigenvalue weighted by molar-refractivity contribution is 0.0744. The van der Waals surface area contributed by atoms with E-state index in [0.717, 1.165) is 17.0 Å². The van der Waals surface area contributed by atoms with E-state index in [9.17, 15) is 9.18 Å².